The van der Waals surface area contributed by atoms with Gasteiger partial charge in [-0.1, -0.05) is 11.8 Å². The van der Waals surface area contributed by atoms with Crippen LogP contribution in [0.25, 0.3) is 11.2 Å². The summed E-state index contributed by atoms with van der Waals surface area (Å²) < 4.78 is 3.93. The largest absolute Gasteiger partial charge is 0.481 e. The number of thioether (sulfide) groups is 1. The van der Waals surface area contributed by atoms with Gasteiger partial charge < -0.3 is 9.67 Å². The quantitative estimate of drug-likeness (QED) is 0.639. The van der Waals surface area contributed by atoms with Crippen LogP contribution in [-0.4, -0.2) is 40.5 Å². The van der Waals surface area contributed by atoms with E-state index in [1.54, 1.807) is 29.1 Å². The molecule has 0 saturated heterocycles. The Kier molecular flexibility index (Phi) is 4.45. The number of rotatable bonds is 5. The van der Waals surface area contributed by atoms with Crippen LogP contribution in [0, 0.1) is 0 Å². The third-order valence-corrected chi connectivity index (χ3v) is 4.69. The minimum absolute atomic E-state index is 0.200. The first-order valence-electron chi connectivity index (χ1n) is 7.30. The molecule has 0 unspecified atom stereocenters. The molecule has 9 nitrogen and oxygen atoms in total. The molecule has 0 aliphatic heterocycles. The number of carbonyl (C=O) groups is 1. The van der Waals surface area contributed by atoms with E-state index in [9.17, 15) is 14.4 Å². The van der Waals surface area contributed by atoms with Gasteiger partial charge in [0, 0.05) is 26.5 Å². The second-order valence-electron chi connectivity index (χ2n) is 5.40. The third-order valence-electron chi connectivity index (χ3n) is 3.73. The highest BCUT2D eigenvalue weighted by Crippen LogP contribution is 2.22. The van der Waals surface area contributed by atoms with E-state index in [1.807, 2.05) is 0 Å². The van der Waals surface area contributed by atoms with Crippen molar-refractivity contribution in [3.05, 3.63) is 50.9 Å². The van der Waals surface area contributed by atoms with Crippen LogP contribution in [0.1, 0.15) is 5.56 Å². The van der Waals surface area contributed by atoms with Gasteiger partial charge in [-0.15, -0.1) is 0 Å². The van der Waals surface area contributed by atoms with Gasteiger partial charge >= 0.3 is 11.7 Å². The van der Waals surface area contributed by atoms with Crippen molar-refractivity contribution in [2.75, 3.05) is 5.75 Å². The smallest absolute Gasteiger partial charge is 0.332 e. The van der Waals surface area contributed by atoms with Gasteiger partial charge in [-0.25, -0.2) is 9.78 Å². The molecule has 0 bridgehead atoms. The van der Waals surface area contributed by atoms with E-state index in [2.05, 4.69) is 9.97 Å². The zero-order valence-corrected chi connectivity index (χ0v) is 14.4. The number of carboxylic acid groups (broad SMARTS) is 1. The molecule has 3 rings (SSSR count). The molecule has 3 aromatic heterocycles. The molecule has 0 radical (unpaired) electrons. The first kappa shape index (κ1) is 17.0. The summed E-state index contributed by atoms with van der Waals surface area (Å²) in [5, 5.41) is 9.31. The molecular formula is C15H15N5O4S. The number of aryl methyl sites for hydroxylation is 1. The second kappa shape index (κ2) is 6.55. The van der Waals surface area contributed by atoms with Crippen molar-refractivity contribution in [2.45, 2.75) is 11.7 Å². The number of fused-ring (bicyclic) bond motifs is 1. The van der Waals surface area contributed by atoms with Crippen molar-refractivity contribution in [3.8, 4) is 0 Å². The summed E-state index contributed by atoms with van der Waals surface area (Å²) in [7, 11) is 2.93. The number of imidazole rings is 1. The summed E-state index contributed by atoms with van der Waals surface area (Å²) in [6.45, 7) is 0.314. The predicted octanol–water partition coefficient (Wildman–Crippen LogP) is 0.0537. The van der Waals surface area contributed by atoms with E-state index in [1.165, 1.54) is 18.7 Å². The lowest BCUT2D eigenvalue weighted by molar-refractivity contribution is -0.133. The molecule has 0 fully saturated rings. The highest BCUT2D eigenvalue weighted by atomic mass is 32.2. The Morgan fingerprint density at radius 1 is 1.20 bits per heavy atom. The Morgan fingerprint density at radius 3 is 2.52 bits per heavy atom. The van der Waals surface area contributed by atoms with Gasteiger partial charge in [0.1, 0.15) is 0 Å². The third kappa shape index (κ3) is 3.07. The van der Waals surface area contributed by atoms with Gasteiger partial charge in [0.15, 0.2) is 16.3 Å². The van der Waals surface area contributed by atoms with Gasteiger partial charge in [0.25, 0.3) is 5.56 Å². The molecule has 25 heavy (non-hydrogen) atoms. The first-order chi connectivity index (χ1) is 11.9. The molecule has 0 aliphatic carbocycles. The molecular weight excluding hydrogens is 346 g/mol. The molecule has 0 atom stereocenters. The SMILES string of the molecule is Cn1c(=O)c2c(nc(SCC(=O)O)n2Cc2ccncc2)n(C)c1=O. The van der Waals surface area contributed by atoms with E-state index in [4.69, 9.17) is 5.11 Å². The van der Waals surface area contributed by atoms with E-state index in [-0.39, 0.29) is 16.9 Å². The molecule has 0 aromatic carbocycles. The molecule has 0 saturated carbocycles. The first-order valence-corrected chi connectivity index (χ1v) is 8.28. The van der Waals surface area contributed by atoms with E-state index in [0.29, 0.717) is 11.7 Å². The van der Waals surface area contributed by atoms with Crippen LogP contribution in [0.3, 0.4) is 0 Å². The van der Waals surface area contributed by atoms with E-state index < -0.39 is 17.2 Å². The second-order valence-corrected chi connectivity index (χ2v) is 6.34. The van der Waals surface area contributed by atoms with Gasteiger partial charge in [-0.3, -0.25) is 23.7 Å². The Hall–Kier alpha value is -2.88. The lowest BCUT2D eigenvalue weighted by atomic mass is 10.2. The topological polar surface area (TPSA) is 112 Å². The lowest BCUT2D eigenvalue weighted by Gasteiger charge is -2.09. The van der Waals surface area contributed by atoms with Crippen LogP contribution in [0.4, 0.5) is 0 Å². The van der Waals surface area contributed by atoms with Crippen LogP contribution >= 0.6 is 11.8 Å². The molecule has 3 aromatic rings. The Labute approximate surface area is 145 Å². The zero-order valence-electron chi connectivity index (χ0n) is 13.5. The summed E-state index contributed by atoms with van der Waals surface area (Å²) in [6, 6.07) is 3.59. The molecule has 3 heterocycles. The van der Waals surface area contributed by atoms with Gasteiger partial charge in [0.05, 0.1) is 12.3 Å². The maximum absolute atomic E-state index is 12.6. The number of aromatic nitrogens is 5. The predicted molar refractivity (Wildman–Crippen MR) is 91.9 cm³/mol. The minimum atomic E-state index is -0.991. The maximum atomic E-state index is 12.6. The maximum Gasteiger partial charge on any atom is 0.332 e. The fraction of sp³-hybridized carbons (Fsp3) is 0.267. The Morgan fingerprint density at radius 2 is 1.88 bits per heavy atom. The molecule has 0 aliphatic rings. The van der Waals surface area contributed by atoms with Gasteiger partial charge in [-0.05, 0) is 17.7 Å². The number of aliphatic carboxylic acids is 1. The summed E-state index contributed by atoms with van der Waals surface area (Å²) in [6.07, 6.45) is 3.26. The van der Waals surface area contributed by atoms with Crippen molar-refractivity contribution in [1.29, 1.82) is 0 Å². The molecule has 1 N–H and O–H groups in total. The summed E-state index contributed by atoms with van der Waals surface area (Å²) in [4.78, 5) is 43.9. The monoisotopic (exact) mass is 361 g/mol. The lowest BCUT2D eigenvalue weighted by Crippen LogP contribution is -2.37. The average Bonchev–Trinajstić information content (AvgIpc) is 2.95. The van der Waals surface area contributed by atoms with Crippen molar-refractivity contribution in [3.63, 3.8) is 0 Å². The summed E-state index contributed by atoms with van der Waals surface area (Å²) in [5.74, 6) is -1.19. The van der Waals surface area contributed by atoms with Crippen LogP contribution in [0.5, 0.6) is 0 Å². The molecule has 0 spiro atoms. The Balaban J connectivity index is 2.26. The molecule has 0 amide bonds. The minimum Gasteiger partial charge on any atom is -0.481 e. The summed E-state index contributed by atoms with van der Waals surface area (Å²) >= 11 is 1.00. The fourth-order valence-corrected chi connectivity index (χ4v) is 3.20. The van der Waals surface area contributed by atoms with Gasteiger partial charge in [0.2, 0.25) is 0 Å². The number of hydrogen-bond donors (Lipinski definition) is 1. The van der Waals surface area contributed by atoms with Crippen molar-refractivity contribution >= 4 is 28.9 Å². The van der Waals surface area contributed by atoms with Crippen molar-refractivity contribution in [2.24, 2.45) is 14.1 Å². The number of nitrogens with zero attached hydrogens (tertiary/aromatic N) is 5. The van der Waals surface area contributed by atoms with Crippen LogP contribution in [0.15, 0.2) is 39.3 Å². The summed E-state index contributed by atoms with van der Waals surface area (Å²) in [5.41, 5.74) is 0.411. The highest BCUT2D eigenvalue weighted by Gasteiger charge is 2.20. The standard InChI is InChI=1S/C15H15N5O4S/c1-18-12-11(13(23)19(2)15(18)24)20(7-9-3-5-16-6-4-9)14(17-12)25-8-10(21)22/h3-6H,7-8H2,1-2H3,(H,21,22). The van der Waals surface area contributed by atoms with Gasteiger partial charge in [-0.2, -0.15) is 0 Å². The normalized spacial score (nSPS) is 11.1. The molecule has 10 heteroatoms. The van der Waals surface area contributed by atoms with E-state index in [0.717, 1.165) is 21.9 Å². The fourth-order valence-electron chi connectivity index (χ4n) is 2.48. The van der Waals surface area contributed by atoms with Crippen molar-refractivity contribution in [1.82, 2.24) is 23.7 Å². The average molecular weight is 361 g/mol. The van der Waals surface area contributed by atoms with E-state index >= 15 is 0 Å². The van der Waals surface area contributed by atoms with Crippen LogP contribution in [-0.2, 0) is 25.4 Å². The van der Waals surface area contributed by atoms with Crippen molar-refractivity contribution < 1.29 is 9.90 Å². The Bertz CT molecular complexity index is 1070. The zero-order chi connectivity index (χ0) is 18.1. The number of pyridine rings is 1. The highest BCUT2D eigenvalue weighted by molar-refractivity contribution is 7.99. The van der Waals surface area contributed by atoms with Crippen LogP contribution in [0.2, 0.25) is 0 Å². The van der Waals surface area contributed by atoms with Crippen LogP contribution < -0.4 is 11.2 Å². The number of hydrogen-bond acceptors (Lipinski definition) is 6. The number of carboxylic acids is 1. The molecule has 130 valence electrons.